The van der Waals surface area contributed by atoms with Gasteiger partial charge in [0, 0.05) is 11.4 Å². The largest absolute Gasteiger partial charge is 0.481 e. The fourth-order valence-electron chi connectivity index (χ4n) is 1.27. The number of carboxylic acids is 1. The lowest BCUT2D eigenvalue weighted by atomic mass is 10.2. The maximum Gasteiger partial charge on any atom is 0.308 e. The molecule has 0 aliphatic carbocycles. The standard InChI is InChI=1S/C13H16ClNO3S/c1-8(13(17)18)7-15-12(16)9(2)19-11-6-4-3-5-10(11)14/h3-6,8-9H,7H2,1-2H3,(H,15,16)(H,17,18). The Kier molecular flexibility index (Phi) is 6.18. The molecule has 0 fully saturated rings. The van der Waals surface area contributed by atoms with Crippen molar-refractivity contribution in [3.8, 4) is 0 Å². The highest BCUT2D eigenvalue weighted by molar-refractivity contribution is 8.00. The molecule has 2 N–H and O–H groups in total. The van der Waals surface area contributed by atoms with E-state index >= 15 is 0 Å². The van der Waals surface area contributed by atoms with Gasteiger partial charge in [-0.15, -0.1) is 11.8 Å². The van der Waals surface area contributed by atoms with E-state index in [1.807, 2.05) is 18.2 Å². The van der Waals surface area contributed by atoms with Crippen molar-refractivity contribution < 1.29 is 14.7 Å². The number of nitrogens with one attached hydrogen (secondary N) is 1. The van der Waals surface area contributed by atoms with Crippen molar-refractivity contribution in [1.82, 2.24) is 5.32 Å². The van der Waals surface area contributed by atoms with Crippen molar-refractivity contribution in [2.75, 3.05) is 6.54 Å². The molecule has 104 valence electrons. The minimum atomic E-state index is -0.924. The number of benzene rings is 1. The summed E-state index contributed by atoms with van der Waals surface area (Å²) in [6.45, 7) is 3.44. The van der Waals surface area contributed by atoms with E-state index in [1.165, 1.54) is 11.8 Å². The zero-order valence-electron chi connectivity index (χ0n) is 10.7. The van der Waals surface area contributed by atoms with Gasteiger partial charge in [-0.1, -0.05) is 30.7 Å². The van der Waals surface area contributed by atoms with E-state index in [4.69, 9.17) is 16.7 Å². The molecule has 0 aliphatic rings. The second-order valence-corrected chi connectivity index (χ2v) is 5.96. The number of hydrogen-bond acceptors (Lipinski definition) is 3. The van der Waals surface area contributed by atoms with Crippen LogP contribution in [0.1, 0.15) is 13.8 Å². The summed E-state index contributed by atoms with van der Waals surface area (Å²) in [5, 5.41) is 11.6. The molecule has 4 nitrogen and oxygen atoms in total. The van der Waals surface area contributed by atoms with E-state index in [1.54, 1.807) is 19.9 Å². The first-order valence-corrected chi connectivity index (χ1v) is 7.09. The number of carbonyl (C=O) groups is 2. The van der Waals surface area contributed by atoms with Crippen LogP contribution in [0.3, 0.4) is 0 Å². The first kappa shape index (κ1) is 15.9. The van der Waals surface area contributed by atoms with Gasteiger partial charge < -0.3 is 10.4 Å². The topological polar surface area (TPSA) is 66.4 Å². The van der Waals surface area contributed by atoms with Crippen LogP contribution in [-0.2, 0) is 9.59 Å². The van der Waals surface area contributed by atoms with E-state index in [2.05, 4.69) is 5.32 Å². The zero-order valence-corrected chi connectivity index (χ0v) is 12.3. The Balaban J connectivity index is 2.50. The lowest BCUT2D eigenvalue weighted by Crippen LogP contribution is -2.36. The van der Waals surface area contributed by atoms with Gasteiger partial charge in [-0.05, 0) is 19.1 Å². The van der Waals surface area contributed by atoms with Crippen LogP contribution >= 0.6 is 23.4 Å². The Morgan fingerprint density at radius 3 is 2.58 bits per heavy atom. The van der Waals surface area contributed by atoms with Crippen molar-refractivity contribution in [2.45, 2.75) is 24.0 Å². The number of amides is 1. The van der Waals surface area contributed by atoms with E-state index in [-0.39, 0.29) is 17.7 Å². The van der Waals surface area contributed by atoms with Crippen LogP contribution in [0, 0.1) is 5.92 Å². The minimum absolute atomic E-state index is 0.127. The molecule has 0 bridgehead atoms. The lowest BCUT2D eigenvalue weighted by molar-refractivity contribution is -0.141. The van der Waals surface area contributed by atoms with Gasteiger partial charge in [0.1, 0.15) is 0 Å². The average molecular weight is 302 g/mol. The van der Waals surface area contributed by atoms with Crippen LogP contribution in [0.5, 0.6) is 0 Å². The first-order chi connectivity index (χ1) is 8.91. The van der Waals surface area contributed by atoms with Gasteiger partial charge in [-0.3, -0.25) is 9.59 Å². The molecule has 0 saturated carbocycles. The summed E-state index contributed by atoms with van der Waals surface area (Å²) in [4.78, 5) is 23.3. The van der Waals surface area contributed by atoms with Crippen molar-refractivity contribution in [1.29, 1.82) is 0 Å². The normalized spacial score (nSPS) is 13.6. The van der Waals surface area contributed by atoms with Gasteiger partial charge in [0.15, 0.2) is 0 Å². The summed E-state index contributed by atoms with van der Waals surface area (Å²) in [5.74, 6) is -1.72. The summed E-state index contributed by atoms with van der Waals surface area (Å²) in [7, 11) is 0. The highest BCUT2D eigenvalue weighted by Gasteiger charge is 2.18. The fraction of sp³-hybridized carbons (Fsp3) is 0.385. The van der Waals surface area contributed by atoms with Crippen LogP contribution in [0.15, 0.2) is 29.2 Å². The molecule has 6 heteroatoms. The summed E-state index contributed by atoms with van der Waals surface area (Å²) in [6.07, 6.45) is 0. The Hall–Kier alpha value is -1.20. The molecule has 1 amide bonds. The molecule has 1 rings (SSSR count). The molecule has 0 saturated heterocycles. The maximum atomic E-state index is 11.8. The number of aliphatic carboxylic acids is 1. The van der Waals surface area contributed by atoms with Gasteiger partial charge in [0.05, 0.1) is 16.2 Å². The predicted molar refractivity (Wildman–Crippen MR) is 76.6 cm³/mol. The van der Waals surface area contributed by atoms with Crippen molar-refractivity contribution in [3.63, 3.8) is 0 Å². The second kappa shape index (κ2) is 7.40. The zero-order chi connectivity index (χ0) is 14.4. The molecule has 1 aromatic rings. The van der Waals surface area contributed by atoms with Crippen molar-refractivity contribution >= 4 is 35.2 Å². The molecule has 0 radical (unpaired) electrons. The Morgan fingerprint density at radius 1 is 1.37 bits per heavy atom. The number of halogens is 1. The number of carboxylic acid groups (broad SMARTS) is 1. The minimum Gasteiger partial charge on any atom is -0.481 e. The van der Waals surface area contributed by atoms with Crippen molar-refractivity contribution in [3.05, 3.63) is 29.3 Å². The summed E-state index contributed by atoms with van der Waals surface area (Å²) in [5.41, 5.74) is 0. The Morgan fingerprint density at radius 2 is 2.00 bits per heavy atom. The molecule has 2 unspecified atom stereocenters. The third-order valence-corrected chi connectivity index (χ3v) is 4.13. The van der Waals surface area contributed by atoms with Crippen LogP contribution in [0.4, 0.5) is 0 Å². The summed E-state index contributed by atoms with van der Waals surface area (Å²) < 4.78 is 0. The fourth-order valence-corrected chi connectivity index (χ4v) is 2.45. The number of rotatable bonds is 6. The van der Waals surface area contributed by atoms with E-state index in [9.17, 15) is 9.59 Å². The third-order valence-electron chi connectivity index (χ3n) is 2.51. The number of thioether (sulfide) groups is 1. The van der Waals surface area contributed by atoms with Gasteiger partial charge in [0.25, 0.3) is 0 Å². The first-order valence-electron chi connectivity index (χ1n) is 5.83. The van der Waals surface area contributed by atoms with Crippen LogP contribution in [-0.4, -0.2) is 28.8 Å². The average Bonchev–Trinajstić information content (AvgIpc) is 2.37. The molecule has 1 aromatic carbocycles. The molecular formula is C13H16ClNO3S. The molecule has 19 heavy (non-hydrogen) atoms. The van der Waals surface area contributed by atoms with Crippen LogP contribution in [0.2, 0.25) is 5.02 Å². The second-order valence-electron chi connectivity index (χ2n) is 4.17. The number of carbonyl (C=O) groups excluding carboxylic acids is 1. The monoisotopic (exact) mass is 301 g/mol. The van der Waals surface area contributed by atoms with Crippen molar-refractivity contribution in [2.24, 2.45) is 5.92 Å². The van der Waals surface area contributed by atoms with Crippen LogP contribution in [0.25, 0.3) is 0 Å². The van der Waals surface area contributed by atoms with E-state index in [0.717, 1.165) is 4.90 Å². The molecule has 0 aliphatic heterocycles. The molecular weight excluding hydrogens is 286 g/mol. The van der Waals surface area contributed by atoms with Gasteiger partial charge in [0.2, 0.25) is 5.91 Å². The Bertz CT molecular complexity index is 467. The quantitative estimate of drug-likeness (QED) is 0.793. The molecule has 0 heterocycles. The highest BCUT2D eigenvalue weighted by atomic mass is 35.5. The smallest absolute Gasteiger partial charge is 0.308 e. The van der Waals surface area contributed by atoms with Gasteiger partial charge >= 0.3 is 5.97 Å². The van der Waals surface area contributed by atoms with Gasteiger partial charge in [-0.2, -0.15) is 0 Å². The Labute approximate surface area is 121 Å². The van der Waals surface area contributed by atoms with E-state index in [0.29, 0.717) is 5.02 Å². The SMILES string of the molecule is CC(CNC(=O)C(C)Sc1ccccc1Cl)C(=O)O. The number of hydrogen-bond donors (Lipinski definition) is 2. The third kappa shape index (κ3) is 5.12. The van der Waals surface area contributed by atoms with E-state index < -0.39 is 11.9 Å². The van der Waals surface area contributed by atoms with Gasteiger partial charge in [-0.25, -0.2) is 0 Å². The maximum absolute atomic E-state index is 11.8. The lowest BCUT2D eigenvalue weighted by Gasteiger charge is -2.14. The highest BCUT2D eigenvalue weighted by Crippen LogP contribution is 2.29. The predicted octanol–water partition coefficient (Wildman–Crippen LogP) is 2.66. The summed E-state index contributed by atoms with van der Waals surface area (Å²) in [6, 6.07) is 7.29. The molecule has 2 atom stereocenters. The van der Waals surface area contributed by atoms with Crippen LogP contribution < -0.4 is 5.32 Å². The molecule has 0 aromatic heterocycles. The molecule has 0 spiro atoms. The summed E-state index contributed by atoms with van der Waals surface area (Å²) >= 11 is 7.36.